The van der Waals surface area contributed by atoms with E-state index in [1.54, 1.807) is 7.11 Å². The number of hydrogen-bond acceptors (Lipinski definition) is 4. The van der Waals surface area contributed by atoms with Gasteiger partial charge in [-0.05, 0) is 29.8 Å². The maximum absolute atomic E-state index is 5.13. The predicted molar refractivity (Wildman–Crippen MR) is 87.8 cm³/mol. The van der Waals surface area contributed by atoms with Crippen LogP contribution in [-0.2, 0) is 0 Å². The van der Waals surface area contributed by atoms with Gasteiger partial charge in [0.15, 0.2) is 0 Å². The van der Waals surface area contributed by atoms with Crippen LogP contribution in [0.15, 0.2) is 65.0 Å². The summed E-state index contributed by atoms with van der Waals surface area (Å²) in [4.78, 5) is 8.94. The van der Waals surface area contributed by atoms with Crippen molar-refractivity contribution < 1.29 is 4.74 Å². The van der Waals surface area contributed by atoms with E-state index in [4.69, 9.17) is 4.74 Å². The topological polar surface area (TPSA) is 34.5 Å². The van der Waals surface area contributed by atoms with Crippen LogP contribution in [0.1, 0.15) is 5.56 Å². The maximum Gasteiger partial charge on any atom is 0.209 e. The molecule has 3 aromatic rings. The van der Waals surface area contributed by atoms with Gasteiger partial charge < -0.3 is 4.74 Å². The number of aromatic nitrogens is 1. The Morgan fingerprint density at radius 2 is 1.81 bits per heavy atom. The quantitative estimate of drug-likeness (QED) is 0.661. The van der Waals surface area contributed by atoms with Crippen LogP contribution in [-0.4, -0.2) is 18.3 Å². The zero-order valence-electron chi connectivity index (χ0n) is 11.6. The third-order valence-electron chi connectivity index (χ3n) is 3.00. The van der Waals surface area contributed by atoms with Gasteiger partial charge in [-0.3, -0.25) is 0 Å². The van der Waals surface area contributed by atoms with Crippen molar-refractivity contribution in [1.82, 2.24) is 4.98 Å². The van der Waals surface area contributed by atoms with Gasteiger partial charge in [0.2, 0.25) is 5.13 Å². The van der Waals surface area contributed by atoms with E-state index in [2.05, 4.69) is 9.98 Å². The first kappa shape index (κ1) is 13.5. The van der Waals surface area contributed by atoms with Gasteiger partial charge in [-0.2, -0.15) is 0 Å². The molecule has 0 aliphatic rings. The van der Waals surface area contributed by atoms with Gasteiger partial charge in [0, 0.05) is 17.2 Å². The van der Waals surface area contributed by atoms with Gasteiger partial charge in [0.1, 0.15) is 5.75 Å². The predicted octanol–water partition coefficient (Wildman–Crippen LogP) is 4.57. The van der Waals surface area contributed by atoms with Crippen molar-refractivity contribution in [3.05, 3.63) is 65.5 Å². The number of rotatable bonds is 4. The lowest BCUT2D eigenvalue weighted by Gasteiger charge is -1.98. The van der Waals surface area contributed by atoms with Crippen molar-refractivity contribution in [2.24, 2.45) is 4.99 Å². The van der Waals surface area contributed by atoms with Crippen LogP contribution in [0.25, 0.3) is 11.3 Å². The van der Waals surface area contributed by atoms with E-state index in [1.165, 1.54) is 11.3 Å². The molecule has 0 unspecified atom stereocenters. The largest absolute Gasteiger partial charge is 0.497 e. The van der Waals surface area contributed by atoms with Gasteiger partial charge in [-0.25, -0.2) is 9.98 Å². The minimum Gasteiger partial charge on any atom is -0.497 e. The van der Waals surface area contributed by atoms with E-state index < -0.39 is 0 Å². The molecular weight excluding hydrogens is 280 g/mol. The number of benzene rings is 2. The van der Waals surface area contributed by atoms with Crippen LogP contribution >= 0.6 is 11.3 Å². The van der Waals surface area contributed by atoms with Crippen molar-refractivity contribution in [2.45, 2.75) is 0 Å². The molecule has 2 aromatic carbocycles. The molecule has 0 spiro atoms. The highest BCUT2D eigenvalue weighted by Crippen LogP contribution is 2.26. The molecule has 0 fully saturated rings. The lowest BCUT2D eigenvalue weighted by atomic mass is 10.2. The van der Waals surface area contributed by atoms with Gasteiger partial charge in [0.05, 0.1) is 12.8 Å². The Hall–Kier alpha value is -2.46. The maximum atomic E-state index is 5.13. The normalized spacial score (nSPS) is 10.9. The molecule has 0 aliphatic carbocycles. The molecule has 0 amide bonds. The average Bonchev–Trinajstić information content (AvgIpc) is 3.03. The molecule has 0 bridgehead atoms. The minimum atomic E-state index is 0.754. The number of nitrogens with zero attached hydrogens (tertiary/aromatic N) is 2. The number of methoxy groups -OCH3 is 1. The Labute approximate surface area is 127 Å². The Bertz CT molecular complexity index is 733. The second-order valence-electron chi connectivity index (χ2n) is 4.41. The highest BCUT2D eigenvalue weighted by molar-refractivity contribution is 7.13. The number of thiazole rings is 1. The number of ether oxygens (including phenoxy) is 1. The molecule has 3 nitrogen and oxygen atoms in total. The molecule has 0 atom stereocenters. The third-order valence-corrected chi connectivity index (χ3v) is 3.75. The second-order valence-corrected chi connectivity index (χ2v) is 5.25. The van der Waals surface area contributed by atoms with E-state index in [1.807, 2.05) is 66.2 Å². The Morgan fingerprint density at radius 3 is 2.52 bits per heavy atom. The van der Waals surface area contributed by atoms with E-state index in [0.717, 1.165) is 27.7 Å². The smallest absolute Gasteiger partial charge is 0.209 e. The monoisotopic (exact) mass is 294 g/mol. The Balaban J connectivity index is 1.76. The Kier molecular flexibility index (Phi) is 4.07. The molecule has 0 saturated heterocycles. The van der Waals surface area contributed by atoms with Crippen molar-refractivity contribution in [3.8, 4) is 17.0 Å². The first-order chi connectivity index (χ1) is 10.3. The van der Waals surface area contributed by atoms with Gasteiger partial charge in [-0.15, -0.1) is 11.3 Å². The van der Waals surface area contributed by atoms with Crippen LogP contribution in [0.3, 0.4) is 0 Å². The lowest BCUT2D eigenvalue weighted by Crippen LogP contribution is -1.84. The minimum absolute atomic E-state index is 0.754. The summed E-state index contributed by atoms with van der Waals surface area (Å²) >= 11 is 1.54. The highest BCUT2D eigenvalue weighted by Gasteiger charge is 2.02. The lowest BCUT2D eigenvalue weighted by molar-refractivity contribution is 0.415. The summed E-state index contributed by atoms with van der Waals surface area (Å²) in [5, 5.41) is 2.78. The molecule has 3 rings (SSSR count). The summed E-state index contributed by atoms with van der Waals surface area (Å²) in [6, 6.07) is 17.9. The zero-order chi connectivity index (χ0) is 14.5. The van der Waals surface area contributed by atoms with E-state index in [-0.39, 0.29) is 0 Å². The number of aliphatic imine (C=N–C) groups is 1. The molecule has 1 aromatic heterocycles. The van der Waals surface area contributed by atoms with Crippen LogP contribution in [0.4, 0.5) is 5.13 Å². The van der Waals surface area contributed by atoms with E-state index >= 15 is 0 Å². The van der Waals surface area contributed by atoms with Crippen LogP contribution < -0.4 is 4.74 Å². The third kappa shape index (κ3) is 3.35. The molecule has 1 heterocycles. The van der Waals surface area contributed by atoms with E-state index in [9.17, 15) is 0 Å². The highest BCUT2D eigenvalue weighted by atomic mass is 32.1. The first-order valence-electron chi connectivity index (χ1n) is 6.54. The first-order valence-corrected chi connectivity index (χ1v) is 7.42. The molecule has 0 radical (unpaired) electrons. The molecule has 4 heteroatoms. The van der Waals surface area contributed by atoms with Crippen LogP contribution in [0.5, 0.6) is 5.75 Å². The van der Waals surface area contributed by atoms with Crippen molar-refractivity contribution in [1.29, 1.82) is 0 Å². The molecule has 0 N–H and O–H groups in total. The van der Waals surface area contributed by atoms with Crippen molar-refractivity contribution in [3.63, 3.8) is 0 Å². The SMILES string of the molecule is COc1ccc(/C=N/c2nc(-c3ccccc3)cs2)cc1. The molecule has 21 heavy (non-hydrogen) atoms. The Morgan fingerprint density at radius 1 is 1.05 bits per heavy atom. The summed E-state index contributed by atoms with van der Waals surface area (Å²) in [6.07, 6.45) is 1.81. The van der Waals surface area contributed by atoms with E-state index in [0.29, 0.717) is 0 Å². The molecular formula is C17H14N2OS. The molecule has 104 valence electrons. The molecule has 0 saturated carbocycles. The second kappa shape index (κ2) is 6.33. The summed E-state index contributed by atoms with van der Waals surface area (Å²) in [7, 11) is 1.66. The summed E-state index contributed by atoms with van der Waals surface area (Å²) in [6.45, 7) is 0. The van der Waals surface area contributed by atoms with Crippen LogP contribution in [0.2, 0.25) is 0 Å². The van der Waals surface area contributed by atoms with Crippen molar-refractivity contribution in [2.75, 3.05) is 7.11 Å². The van der Waals surface area contributed by atoms with Crippen molar-refractivity contribution >= 4 is 22.7 Å². The summed E-state index contributed by atoms with van der Waals surface area (Å²) in [5.41, 5.74) is 3.09. The summed E-state index contributed by atoms with van der Waals surface area (Å²) < 4.78 is 5.13. The number of hydrogen-bond donors (Lipinski definition) is 0. The fourth-order valence-electron chi connectivity index (χ4n) is 1.88. The van der Waals surface area contributed by atoms with Gasteiger partial charge in [-0.1, -0.05) is 30.3 Å². The summed E-state index contributed by atoms with van der Waals surface area (Å²) in [5.74, 6) is 0.841. The zero-order valence-corrected chi connectivity index (χ0v) is 12.4. The van der Waals surface area contributed by atoms with Gasteiger partial charge in [0.25, 0.3) is 0 Å². The van der Waals surface area contributed by atoms with Gasteiger partial charge >= 0.3 is 0 Å². The standard InChI is InChI=1S/C17H14N2OS/c1-20-15-9-7-13(8-10-15)11-18-17-19-16(12-21-17)14-5-3-2-4-6-14/h2-12H,1H3/b18-11+. The fourth-order valence-corrected chi connectivity index (χ4v) is 2.56. The average molecular weight is 294 g/mol. The van der Waals surface area contributed by atoms with Crippen LogP contribution in [0, 0.1) is 0 Å². The fraction of sp³-hybridized carbons (Fsp3) is 0.0588. The molecule has 0 aliphatic heterocycles.